The first-order valence-corrected chi connectivity index (χ1v) is 10.9. The summed E-state index contributed by atoms with van der Waals surface area (Å²) in [7, 11) is 2.07. The number of hydrogen-bond donors (Lipinski definition) is 4. The highest BCUT2D eigenvalue weighted by molar-refractivity contribution is 6.20. The van der Waals surface area contributed by atoms with Gasteiger partial charge in [0.2, 0.25) is 5.91 Å². The Morgan fingerprint density at radius 3 is 2.51 bits per heavy atom. The fraction of sp³-hybridized carbons (Fsp3) is 0.364. The third-order valence-electron chi connectivity index (χ3n) is 5.74. The molecule has 1 saturated heterocycles. The number of carbonyl (C=O) groups excluding carboxylic acids is 2. The van der Waals surface area contributed by atoms with Gasteiger partial charge >= 0.3 is 6.18 Å². The van der Waals surface area contributed by atoms with E-state index in [4.69, 9.17) is 5.73 Å². The lowest BCUT2D eigenvalue weighted by Crippen LogP contribution is -2.45. The van der Waals surface area contributed by atoms with Crippen LogP contribution >= 0.6 is 0 Å². The van der Waals surface area contributed by atoms with Gasteiger partial charge in [-0.15, -0.1) is 0 Å². The van der Waals surface area contributed by atoms with E-state index in [2.05, 4.69) is 42.8 Å². The number of likely N-dealkylation sites (N-methyl/N-ethyl adjacent to an activating group) is 1. The van der Waals surface area contributed by atoms with E-state index < -0.39 is 23.6 Å². The molecule has 0 bridgehead atoms. The Bertz CT molecular complexity index is 1160. The standard InChI is InChI=1S/C22H25F3N8O2/c1-32-8-10-33(11-9-32)7-5-17(34)28-13-2-3-14-15(12-13)30-21(29-14)18(19(26)35)20-27-6-4-16(31-20)22(23,24)25/h2-4,6,12,29-30H,5,7-11H2,1H3,(H2,26,35)(H,28,34)/b21-18+. The first kappa shape index (κ1) is 24.4. The number of piperazine rings is 1. The van der Waals surface area contributed by atoms with Crippen molar-refractivity contribution in [1.82, 2.24) is 19.8 Å². The zero-order valence-corrected chi connectivity index (χ0v) is 18.9. The SMILES string of the molecule is CN1CCN(CCC(=O)Nc2ccc3c(c2)N/C(=C(\C(N)=O)c2nccc(C(F)(F)F)n2)N3)CC1. The van der Waals surface area contributed by atoms with Crippen LogP contribution in [0.2, 0.25) is 0 Å². The Morgan fingerprint density at radius 1 is 1.11 bits per heavy atom. The molecule has 13 heteroatoms. The van der Waals surface area contributed by atoms with Crippen LogP contribution < -0.4 is 21.7 Å². The maximum absolute atomic E-state index is 13.1. The van der Waals surface area contributed by atoms with Crippen LogP contribution in [0.3, 0.4) is 0 Å². The molecule has 4 rings (SSSR count). The van der Waals surface area contributed by atoms with Gasteiger partial charge < -0.3 is 31.5 Å². The summed E-state index contributed by atoms with van der Waals surface area (Å²) in [5.41, 5.74) is 5.49. The van der Waals surface area contributed by atoms with E-state index in [1.165, 1.54) is 0 Å². The van der Waals surface area contributed by atoms with E-state index >= 15 is 0 Å². The van der Waals surface area contributed by atoms with Gasteiger partial charge in [0.15, 0.2) is 5.82 Å². The molecule has 5 N–H and O–H groups in total. The molecule has 0 atom stereocenters. The van der Waals surface area contributed by atoms with E-state index in [9.17, 15) is 22.8 Å². The zero-order chi connectivity index (χ0) is 25.2. The van der Waals surface area contributed by atoms with Crippen LogP contribution in [0.4, 0.5) is 30.2 Å². The molecule has 0 spiro atoms. The first-order chi connectivity index (χ1) is 16.6. The molecule has 0 aliphatic carbocycles. The van der Waals surface area contributed by atoms with Gasteiger partial charge in [-0.1, -0.05) is 0 Å². The monoisotopic (exact) mass is 490 g/mol. The van der Waals surface area contributed by atoms with Gasteiger partial charge in [0.25, 0.3) is 5.91 Å². The summed E-state index contributed by atoms with van der Waals surface area (Å²) in [4.78, 5) is 36.2. The van der Waals surface area contributed by atoms with Crippen molar-refractivity contribution in [2.45, 2.75) is 12.6 Å². The molecule has 2 aromatic rings. The number of nitrogens with one attached hydrogen (secondary N) is 3. The number of carbonyl (C=O) groups is 2. The van der Waals surface area contributed by atoms with Gasteiger partial charge in [-0.05, 0) is 31.3 Å². The molecule has 3 heterocycles. The van der Waals surface area contributed by atoms with Gasteiger partial charge in [0.1, 0.15) is 17.1 Å². The average molecular weight is 490 g/mol. The number of amides is 2. The molecule has 35 heavy (non-hydrogen) atoms. The number of nitrogens with zero attached hydrogens (tertiary/aromatic N) is 4. The number of anilines is 3. The average Bonchev–Trinajstić information content (AvgIpc) is 3.21. The molecule has 0 saturated carbocycles. The Balaban J connectivity index is 1.46. The van der Waals surface area contributed by atoms with Crippen molar-refractivity contribution in [3.63, 3.8) is 0 Å². The van der Waals surface area contributed by atoms with Crippen molar-refractivity contribution >= 4 is 34.4 Å². The van der Waals surface area contributed by atoms with Crippen molar-refractivity contribution in [2.24, 2.45) is 5.73 Å². The molecule has 2 aliphatic rings. The fourth-order valence-corrected chi connectivity index (χ4v) is 3.80. The number of alkyl halides is 3. The normalized spacial score (nSPS) is 17.8. The predicted molar refractivity (Wildman–Crippen MR) is 124 cm³/mol. The van der Waals surface area contributed by atoms with Gasteiger partial charge in [0, 0.05) is 51.0 Å². The lowest BCUT2D eigenvalue weighted by molar-refractivity contribution is -0.141. The maximum atomic E-state index is 13.1. The molecular formula is C22H25F3N8O2. The number of primary amides is 1. The summed E-state index contributed by atoms with van der Waals surface area (Å²) in [5.74, 6) is -1.57. The van der Waals surface area contributed by atoms with E-state index in [0.717, 1.165) is 32.4 Å². The molecule has 1 aromatic heterocycles. The highest BCUT2D eigenvalue weighted by Crippen LogP contribution is 2.36. The van der Waals surface area contributed by atoms with Crippen molar-refractivity contribution < 1.29 is 22.8 Å². The minimum atomic E-state index is -4.71. The number of nitrogens with two attached hydrogens (primary N) is 1. The molecule has 1 aromatic carbocycles. The summed E-state index contributed by atoms with van der Waals surface area (Å²) >= 11 is 0. The minimum Gasteiger partial charge on any atom is -0.365 e. The summed E-state index contributed by atoms with van der Waals surface area (Å²) < 4.78 is 39.2. The van der Waals surface area contributed by atoms with E-state index in [1.807, 2.05) is 0 Å². The third kappa shape index (κ3) is 5.87. The highest BCUT2D eigenvalue weighted by Gasteiger charge is 2.34. The molecule has 0 radical (unpaired) electrons. The number of fused-ring (bicyclic) bond motifs is 1. The number of aromatic nitrogens is 2. The number of rotatable bonds is 6. The fourth-order valence-electron chi connectivity index (χ4n) is 3.80. The van der Waals surface area contributed by atoms with Gasteiger partial charge in [-0.3, -0.25) is 9.59 Å². The summed E-state index contributed by atoms with van der Waals surface area (Å²) in [6, 6.07) is 5.69. The Hall–Kier alpha value is -3.71. The zero-order valence-electron chi connectivity index (χ0n) is 18.9. The maximum Gasteiger partial charge on any atom is 0.433 e. The second-order valence-corrected chi connectivity index (χ2v) is 8.33. The second-order valence-electron chi connectivity index (χ2n) is 8.33. The van der Waals surface area contributed by atoms with Crippen molar-refractivity contribution in [1.29, 1.82) is 0 Å². The Labute approximate surface area is 199 Å². The van der Waals surface area contributed by atoms with Crippen molar-refractivity contribution in [3.8, 4) is 0 Å². The molecular weight excluding hydrogens is 465 g/mol. The first-order valence-electron chi connectivity index (χ1n) is 10.9. The number of halogens is 3. The Morgan fingerprint density at radius 2 is 1.83 bits per heavy atom. The van der Waals surface area contributed by atoms with Crippen LogP contribution in [0.15, 0.2) is 36.3 Å². The van der Waals surface area contributed by atoms with Crippen LogP contribution in [-0.2, 0) is 15.8 Å². The Kier molecular flexibility index (Phi) is 6.89. The van der Waals surface area contributed by atoms with E-state index in [0.29, 0.717) is 36.1 Å². The van der Waals surface area contributed by atoms with Gasteiger partial charge in [-0.2, -0.15) is 13.2 Å². The summed E-state index contributed by atoms with van der Waals surface area (Å²) in [6.07, 6.45) is -3.45. The van der Waals surface area contributed by atoms with Crippen LogP contribution in [0.5, 0.6) is 0 Å². The molecule has 2 aliphatic heterocycles. The van der Waals surface area contributed by atoms with E-state index in [1.54, 1.807) is 18.2 Å². The second kappa shape index (κ2) is 9.88. The molecule has 10 nitrogen and oxygen atoms in total. The topological polar surface area (TPSA) is 129 Å². The van der Waals surface area contributed by atoms with E-state index in [-0.39, 0.29) is 17.3 Å². The number of hydrogen-bond acceptors (Lipinski definition) is 8. The molecule has 1 fully saturated rings. The summed E-state index contributed by atoms with van der Waals surface area (Å²) in [5, 5.41) is 8.67. The van der Waals surface area contributed by atoms with Gasteiger partial charge in [-0.25, -0.2) is 9.97 Å². The van der Waals surface area contributed by atoms with Crippen LogP contribution in [0, 0.1) is 0 Å². The van der Waals surface area contributed by atoms with Crippen LogP contribution in [-0.4, -0.2) is 71.4 Å². The predicted octanol–water partition coefficient (Wildman–Crippen LogP) is 1.76. The van der Waals surface area contributed by atoms with Crippen molar-refractivity contribution in [2.75, 3.05) is 55.7 Å². The van der Waals surface area contributed by atoms with Crippen LogP contribution in [0.25, 0.3) is 5.57 Å². The quantitative estimate of drug-likeness (QED) is 0.451. The van der Waals surface area contributed by atoms with Crippen molar-refractivity contribution in [3.05, 3.63) is 47.8 Å². The van der Waals surface area contributed by atoms with Crippen LogP contribution in [0.1, 0.15) is 17.9 Å². The molecule has 186 valence electrons. The molecule has 2 amide bonds. The minimum absolute atomic E-state index is 0.0466. The lowest BCUT2D eigenvalue weighted by Gasteiger charge is -2.32. The smallest absolute Gasteiger partial charge is 0.365 e. The number of benzene rings is 1. The lowest BCUT2D eigenvalue weighted by atomic mass is 10.2. The highest BCUT2D eigenvalue weighted by atomic mass is 19.4. The third-order valence-corrected chi connectivity index (χ3v) is 5.74. The molecule has 0 unspecified atom stereocenters. The largest absolute Gasteiger partial charge is 0.433 e. The summed E-state index contributed by atoms with van der Waals surface area (Å²) in [6.45, 7) is 4.45. The van der Waals surface area contributed by atoms with Gasteiger partial charge in [0.05, 0.1) is 11.4 Å².